The first kappa shape index (κ1) is 20.1. The van der Waals surface area contributed by atoms with Crippen molar-refractivity contribution >= 4 is 22.7 Å². The van der Waals surface area contributed by atoms with Crippen molar-refractivity contribution in [3.63, 3.8) is 0 Å². The van der Waals surface area contributed by atoms with Crippen LogP contribution >= 0.6 is 0 Å². The monoisotopic (exact) mass is 423 g/mol. The first-order chi connectivity index (χ1) is 15.3. The van der Waals surface area contributed by atoms with Crippen LogP contribution in [0.5, 0.6) is 0 Å². The number of ether oxygens (including phenoxy) is 1. The van der Waals surface area contributed by atoms with Gasteiger partial charge in [-0.1, -0.05) is 17.3 Å². The Morgan fingerprint density at radius 3 is 2.13 bits per heavy atom. The molecule has 9 nitrogen and oxygen atoms in total. The third-order valence-electron chi connectivity index (χ3n) is 6.00. The highest BCUT2D eigenvalue weighted by molar-refractivity contribution is 5.81. The van der Waals surface area contributed by atoms with Crippen LogP contribution in [0.25, 0.3) is 11.0 Å². The number of nitrogens with zero attached hydrogens (tertiary/aromatic N) is 7. The molecule has 0 N–H and O–H groups in total. The molecular weight excluding hydrogens is 394 g/mol. The average Bonchev–Trinajstić information content (AvgIpc) is 3.26. The highest BCUT2D eigenvalue weighted by atomic mass is 16.5. The van der Waals surface area contributed by atoms with E-state index in [1.807, 2.05) is 12.1 Å². The van der Waals surface area contributed by atoms with Crippen LogP contribution in [0.1, 0.15) is 31.0 Å². The molecule has 2 aromatic heterocycles. The van der Waals surface area contributed by atoms with Crippen LogP contribution in [0.4, 0.5) is 11.6 Å². The van der Waals surface area contributed by atoms with Crippen LogP contribution in [0.3, 0.4) is 0 Å². The molecular formula is C22H29N7O2. The average molecular weight is 424 g/mol. The van der Waals surface area contributed by atoms with Gasteiger partial charge < -0.3 is 19.1 Å². The lowest BCUT2D eigenvalue weighted by molar-refractivity contribution is 0.174. The number of rotatable bonds is 6. The number of hydrogen-bond donors (Lipinski definition) is 0. The normalized spacial score (nSPS) is 18.1. The molecule has 2 aliphatic heterocycles. The second kappa shape index (κ2) is 9.15. The van der Waals surface area contributed by atoms with Gasteiger partial charge in [0.05, 0.1) is 17.6 Å². The zero-order valence-electron chi connectivity index (χ0n) is 18.0. The second-order valence-corrected chi connectivity index (χ2v) is 8.21. The van der Waals surface area contributed by atoms with Gasteiger partial charge in [0, 0.05) is 46.4 Å². The molecule has 0 atom stereocenters. The van der Waals surface area contributed by atoms with Crippen LogP contribution in [-0.4, -0.2) is 71.4 Å². The largest absolute Gasteiger partial charge is 0.377 e. The van der Waals surface area contributed by atoms with Gasteiger partial charge in [-0.15, -0.1) is 0 Å². The van der Waals surface area contributed by atoms with Crippen LogP contribution < -0.4 is 9.80 Å². The summed E-state index contributed by atoms with van der Waals surface area (Å²) < 4.78 is 10.4. The fourth-order valence-corrected chi connectivity index (χ4v) is 4.36. The number of para-hydroxylation sites is 2. The van der Waals surface area contributed by atoms with Crippen LogP contribution in [0.2, 0.25) is 0 Å². The Morgan fingerprint density at radius 2 is 1.48 bits per heavy atom. The Labute approximate surface area is 182 Å². The summed E-state index contributed by atoms with van der Waals surface area (Å²) in [5, 5.41) is 3.95. The maximum absolute atomic E-state index is 5.35. The van der Waals surface area contributed by atoms with Gasteiger partial charge in [0.2, 0.25) is 5.89 Å². The number of anilines is 2. The molecule has 2 saturated heterocycles. The minimum absolute atomic E-state index is 0.372. The molecule has 5 rings (SSSR count). The van der Waals surface area contributed by atoms with Gasteiger partial charge in [-0.3, -0.25) is 4.90 Å². The van der Waals surface area contributed by atoms with Crippen LogP contribution in [0, 0.1) is 0 Å². The standard InChI is InChI=1S/C22H29N7O2/c1-30-16-19-25-20(31-26-19)15-27-11-13-29(14-12-27)22-21(28-9-5-2-6-10-28)23-17-7-3-4-8-18(17)24-22/h3-4,7-8H,2,5-6,9-16H2,1H3. The van der Waals surface area contributed by atoms with Crippen molar-refractivity contribution in [2.24, 2.45) is 0 Å². The molecule has 4 heterocycles. The molecule has 2 fully saturated rings. The lowest BCUT2D eigenvalue weighted by Crippen LogP contribution is -2.47. The summed E-state index contributed by atoms with van der Waals surface area (Å²) in [4.78, 5) is 21.6. The Balaban J connectivity index is 1.32. The molecule has 164 valence electrons. The van der Waals surface area contributed by atoms with E-state index in [-0.39, 0.29) is 0 Å². The fourth-order valence-electron chi connectivity index (χ4n) is 4.36. The molecule has 0 amide bonds. The Hall–Kier alpha value is -2.78. The zero-order chi connectivity index (χ0) is 21.0. The Bertz CT molecular complexity index is 1010. The van der Waals surface area contributed by atoms with Gasteiger partial charge >= 0.3 is 0 Å². The van der Waals surface area contributed by atoms with E-state index >= 15 is 0 Å². The van der Waals surface area contributed by atoms with E-state index in [9.17, 15) is 0 Å². The summed E-state index contributed by atoms with van der Waals surface area (Å²) in [5.41, 5.74) is 1.92. The Morgan fingerprint density at radius 1 is 0.839 bits per heavy atom. The Kier molecular flexibility index (Phi) is 5.95. The predicted molar refractivity (Wildman–Crippen MR) is 118 cm³/mol. The molecule has 0 bridgehead atoms. The molecule has 1 aromatic carbocycles. The summed E-state index contributed by atoms with van der Waals surface area (Å²) in [6, 6.07) is 8.17. The molecule has 0 aliphatic carbocycles. The highest BCUT2D eigenvalue weighted by Gasteiger charge is 2.26. The number of benzene rings is 1. The number of piperazine rings is 1. The second-order valence-electron chi connectivity index (χ2n) is 8.21. The van der Waals surface area contributed by atoms with Gasteiger partial charge in [0.15, 0.2) is 17.5 Å². The summed E-state index contributed by atoms with van der Waals surface area (Å²) in [6.07, 6.45) is 3.74. The highest BCUT2D eigenvalue weighted by Crippen LogP contribution is 2.31. The van der Waals surface area contributed by atoms with Gasteiger partial charge in [-0.2, -0.15) is 4.98 Å². The summed E-state index contributed by atoms with van der Waals surface area (Å²) >= 11 is 0. The topological polar surface area (TPSA) is 83.7 Å². The molecule has 31 heavy (non-hydrogen) atoms. The van der Waals surface area contributed by atoms with Crippen molar-refractivity contribution in [3.05, 3.63) is 36.0 Å². The molecule has 9 heteroatoms. The molecule has 3 aromatic rings. The van der Waals surface area contributed by atoms with Crippen LogP contribution in [0.15, 0.2) is 28.8 Å². The third-order valence-corrected chi connectivity index (χ3v) is 6.00. The first-order valence-electron chi connectivity index (χ1n) is 11.1. The van der Waals surface area contributed by atoms with E-state index in [2.05, 4.69) is 37.0 Å². The van der Waals surface area contributed by atoms with Gasteiger partial charge in [-0.25, -0.2) is 9.97 Å². The minimum Gasteiger partial charge on any atom is -0.377 e. The lowest BCUT2D eigenvalue weighted by atomic mass is 10.1. The molecule has 2 aliphatic rings. The van der Waals surface area contributed by atoms with Crippen molar-refractivity contribution in [1.82, 2.24) is 25.0 Å². The summed E-state index contributed by atoms with van der Waals surface area (Å²) in [6.45, 7) is 6.76. The molecule has 0 unspecified atom stereocenters. The minimum atomic E-state index is 0.372. The van der Waals surface area contributed by atoms with E-state index in [1.165, 1.54) is 19.3 Å². The zero-order valence-corrected chi connectivity index (χ0v) is 18.0. The van der Waals surface area contributed by atoms with Crippen molar-refractivity contribution < 1.29 is 9.26 Å². The van der Waals surface area contributed by atoms with E-state index in [1.54, 1.807) is 7.11 Å². The fraction of sp³-hybridized carbons (Fsp3) is 0.545. The van der Waals surface area contributed by atoms with Crippen molar-refractivity contribution in [2.75, 3.05) is 56.2 Å². The molecule has 0 spiro atoms. The number of piperidine rings is 1. The maximum atomic E-state index is 5.35. The van der Waals surface area contributed by atoms with Gasteiger partial charge in [0.1, 0.15) is 6.61 Å². The predicted octanol–water partition coefficient (Wildman–Crippen LogP) is 2.47. The number of aromatic nitrogens is 4. The lowest BCUT2D eigenvalue weighted by Gasteiger charge is -2.37. The molecule has 0 saturated carbocycles. The van der Waals surface area contributed by atoms with Crippen molar-refractivity contribution in [2.45, 2.75) is 32.4 Å². The number of fused-ring (bicyclic) bond motifs is 1. The summed E-state index contributed by atoms with van der Waals surface area (Å²) in [5.74, 6) is 3.28. The van der Waals surface area contributed by atoms with E-state index in [0.717, 1.165) is 61.9 Å². The first-order valence-corrected chi connectivity index (χ1v) is 11.1. The van der Waals surface area contributed by atoms with E-state index < -0.39 is 0 Å². The third kappa shape index (κ3) is 4.47. The smallest absolute Gasteiger partial charge is 0.240 e. The van der Waals surface area contributed by atoms with Crippen molar-refractivity contribution in [1.29, 1.82) is 0 Å². The van der Waals surface area contributed by atoms with E-state index in [4.69, 9.17) is 19.2 Å². The van der Waals surface area contributed by atoms with Crippen molar-refractivity contribution in [3.8, 4) is 0 Å². The maximum Gasteiger partial charge on any atom is 0.240 e. The van der Waals surface area contributed by atoms with Crippen LogP contribution in [-0.2, 0) is 17.9 Å². The SMILES string of the molecule is COCc1noc(CN2CCN(c3nc4ccccc4nc3N3CCCCC3)CC2)n1. The molecule has 0 radical (unpaired) electrons. The number of methoxy groups -OCH3 is 1. The van der Waals surface area contributed by atoms with E-state index in [0.29, 0.717) is 24.9 Å². The quantitative estimate of drug-likeness (QED) is 0.594. The van der Waals surface area contributed by atoms with Gasteiger partial charge in [0.25, 0.3) is 0 Å². The summed E-state index contributed by atoms with van der Waals surface area (Å²) in [7, 11) is 1.63. The van der Waals surface area contributed by atoms with Gasteiger partial charge in [-0.05, 0) is 31.4 Å². The number of hydrogen-bond acceptors (Lipinski definition) is 9.